The first kappa shape index (κ1) is 32.7. The van der Waals surface area contributed by atoms with Crippen molar-refractivity contribution in [2.24, 2.45) is 5.41 Å². The molecular weight excluding hydrogens is 660 g/mol. The van der Waals surface area contributed by atoms with E-state index in [1.54, 1.807) is 31.3 Å². The van der Waals surface area contributed by atoms with E-state index in [4.69, 9.17) is 27.9 Å². The number of hydrogen-bond donors (Lipinski definition) is 1. The maximum absolute atomic E-state index is 15.3. The van der Waals surface area contributed by atoms with E-state index in [9.17, 15) is 18.4 Å². The van der Waals surface area contributed by atoms with Gasteiger partial charge in [-0.3, -0.25) is 18.5 Å². The van der Waals surface area contributed by atoms with Crippen LogP contribution in [-0.2, 0) is 19.7 Å². The lowest BCUT2D eigenvalue weighted by Crippen LogP contribution is -2.71. The molecule has 2 heterocycles. The van der Waals surface area contributed by atoms with Crippen LogP contribution in [0.15, 0.2) is 97.1 Å². The number of anilines is 1. The number of benzene rings is 4. The first-order valence-electron chi connectivity index (χ1n) is 15.8. The van der Waals surface area contributed by atoms with Gasteiger partial charge in [-0.1, -0.05) is 89.9 Å². The molecule has 4 aromatic rings. The minimum atomic E-state index is -1.66. The molecule has 7 rings (SSSR count). The molecular formula is C38H33Cl2F3N2O3. The van der Waals surface area contributed by atoms with Crippen molar-refractivity contribution >= 4 is 41.1 Å². The Bertz CT molecular complexity index is 1830. The van der Waals surface area contributed by atoms with E-state index in [0.717, 1.165) is 17.9 Å². The molecule has 248 valence electrons. The lowest BCUT2D eigenvalue weighted by atomic mass is 9.45. The van der Waals surface area contributed by atoms with Crippen LogP contribution in [0.1, 0.15) is 53.2 Å². The van der Waals surface area contributed by atoms with Crippen molar-refractivity contribution < 1.29 is 27.5 Å². The van der Waals surface area contributed by atoms with Gasteiger partial charge in [0.05, 0.1) is 24.8 Å². The van der Waals surface area contributed by atoms with Crippen LogP contribution in [0, 0.1) is 11.2 Å². The maximum atomic E-state index is 15.3. The molecule has 1 saturated carbocycles. The normalized spacial score (nSPS) is 27.2. The fourth-order valence-corrected chi connectivity index (χ4v) is 9.39. The first-order chi connectivity index (χ1) is 23.2. The van der Waals surface area contributed by atoms with Gasteiger partial charge in [-0.25, -0.2) is 4.39 Å². The van der Waals surface area contributed by atoms with Gasteiger partial charge in [0, 0.05) is 39.7 Å². The summed E-state index contributed by atoms with van der Waals surface area (Å²) < 4.78 is 51.5. The number of fused-ring (bicyclic) bond motifs is 2. The molecule has 2 saturated heterocycles. The number of esters is 1. The topological polar surface area (TPSA) is 58.6 Å². The van der Waals surface area contributed by atoms with Crippen molar-refractivity contribution in [1.29, 1.82) is 0 Å². The molecule has 0 amide bonds. The second-order valence-electron chi connectivity index (χ2n) is 13.2. The summed E-state index contributed by atoms with van der Waals surface area (Å²) in [7, 11) is 1.68. The van der Waals surface area contributed by atoms with E-state index in [1.165, 1.54) is 6.07 Å². The summed E-state index contributed by atoms with van der Waals surface area (Å²) in [5, 5.41) is 3.61. The molecule has 0 bridgehead atoms. The van der Waals surface area contributed by atoms with E-state index in [2.05, 4.69) is 5.32 Å². The molecule has 48 heavy (non-hydrogen) atoms. The average Bonchev–Trinajstić information content (AvgIpc) is 3.35. The molecule has 3 fully saturated rings. The van der Waals surface area contributed by atoms with Crippen LogP contribution in [0.3, 0.4) is 0 Å². The summed E-state index contributed by atoms with van der Waals surface area (Å²) in [5.74, 6) is -2.37. The summed E-state index contributed by atoms with van der Waals surface area (Å²) in [6.07, 6.45) is -0.239. The van der Waals surface area contributed by atoms with E-state index >= 15 is 4.39 Å². The van der Waals surface area contributed by atoms with Crippen LogP contribution in [0.4, 0.5) is 18.9 Å². The number of nitrogens with one attached hydrogen (secondary N) is 1. The Labute approximate surface area is 287 Å². The van der Waals surface area contributed by atoms with Crippen molar-refractivity contribution in [3.05, 3.63) is 135 Å². The zero-order chi connectivity index (χ0) is 33.8. The minimum absolute atomic E-state index is 0.0728. The zero-order valence-electron chi connectivity index (χ0n) is 26.0. The van der Waals surface area contributed by atoms with Crippen LogP contribution in [-0.4, -0.2) is 49.1 Å². The molecule has 0 radical (unpaired) electrons. The predicted octanol–water partition coefficient (Wildman–Crippen LogP) is 8.58. The van der Waals surface area contributed by atoms with Crippen molar-refractivity contribution in [2.75, 3.05) is 25.7 Å². The summed E-state index contributed by atoms with van der Waals surface area (Å²) in [6.45, 7) is -1.92. The summed E-state index contributed by atoms with van der Waals surface area (Å²) in [6, 6.07) is 25.8. The predicted molar refractivity (Wildman–Crippen MR) is 179 cm³/mol. The minimum Gasteiger partial charge on any atom is -0.454 e. The van der Waals surface area contributed by atoms with Gasteiger partial charge in [0.15, 0.2) is 0 Å². The van der Waals surface area contributed by atoms with Crippen LogP contribution in [0.25, 0.3) is 0 Å². The van der Waals surface area contributed by atoms with Crippen LogP contribution in [0.2, 0.25) is 10.0 Å². The zero-order valence-corrected chi connectivity index (χ0v) is 27.5. The number of rotatable bonds is 8. The summed E-state index contributed by atoms with van der Waals surface area (Å²) >= 11 is 12.9. The molecule has 1 aliphatic carbocycles. The fourth-order valence-electron chi connectivity index (χ4n) is 8.99. The monoisotopic (exact) mass is 692 g/mol. The Hall–Kier alpha value is -3.85. The number of carbonyl (C=O) groups is 2. The summed E-state index contributed by atoms with van der Waals surface area (Å²) in [5.41, 5.74) is -1.66. The van der Waals surface area contributed by atoms with E-state index in [-0.39, 0.29) is 23.4 Å². The van der Waals surface area contributed by atoms with Gasteiger partial charge in [-0.05, 0) is 65.4 Å². The number of aldehydes is 1. The van der Waals surface area contributed by atoms with Gasteiger partial charge in [-0.2, -0.15) is 0 Å². The lowest BCUT2D eigenvalue weighted by molar-refractivity contribution is -0.200. The lowest BCUT2D eigenvalue weighted by Gasteiger charge is -2.64. The first-order valence-corrected chi connectivity index (χ1v) is 16.5. The average molecular weight is 694 g/mol. The fraction of sp³-hybridized carbons (Fsp3) is 0.316. The number of halogens is 5. The third kappa shape index (κ3) is 4.71. The highest BCUT2D eigenvalue weighted by atomic mass is 35.5. The van der Waals surface area contributed by atoms with Crippen molar-refractivity contribution in [2.45, 2.75) is 47.9 Å². The SMILES string of the molecule is CNc1cc(Cl)ccc1[C@@]1(C=O)[C@@H](c2cc(F)cc(Cl)c2)[C@@H]2C(=O)O[C@@H](c3ccccc3)[C@@H](c3ccccc3)N2C12CC(CF)(CF)C2. The molecule has 4 aromatic carbocycles. The number of cyclic esters (lactones) is 1. The molecule has 1 N–H and O–H groups in total. The Morgan fingerprint density at radius 3 is 2.08 bits per heavy atom. The Morgan fingerprint density at radius 2 is 1.50 bits per heavy atom. The number of ether oxygens (including phenoxy) is 1. The van der Waals surface area contributed by atoms with Crippen molar-refractivity contribution in [3.63, 3.8) is 0 Å². The van der Waals surface area contributed by atoms with Gasteiger partial charge in [0.25, 0.3) is 0 Å². The molecule has 2 aliphatic heterocycles. The number of alkyl halides is 2. The quantitative estimate of drug-likeness (QED) is 0.148. The highest BCUT2D eigenvalue weighted by Gasteiger charge is 2.80. The van der Waals surface area contributed by atoms with Crippen LogP contribution >= 0.6 is 23.2 Å². The number of carbonyl (C=O) groups excluding carboxylic acids is 2. The highest BCUT2D eigenvalue weighted by Crippen LogP contribution is 2.73. The van der Waals surface area contributed by atoms with Gasteiger partial charge >= 0.3 is 5.97 Å². The molecule has 10 heteroatoms. The molecule has 0 aromatic heterocycles. The number of morpholine rings is 1. The smallest absolute Gasteiger partial charge is 0.324 e. The van der Waals surface area contributed by atoms with Gasteiger partial charge in [0.1, 0.15) is 24.2 Å². The number of nitrogens with zero attached hydrogens (tertiary/aromatic N) is 1. The van der Waals surface area contributed by atoms with Gasteiger partial charge in [0.2, 0.25) is 0 Å². The molecule has 1 spiro atoms. The summed E-state index contributed by atoms with van der Waals surface area (Å²) in [4.78, 5) is 31.0. The Balaban J connectivity index is 1.60. The van der Waals surface area contributed by atoms with E-state index in [1.807, 2.05) is 65.6 Å². The molecule has 3 aliphatic rings. The number of hydrogen-bond acceptors (Lipinski definition) is 5. The van der Waals surface area contributed by atoms with E-state index in [0.29, 0.717) is 21.8 Å². The second-order valence-corrected chi connectivity index (χ2v) is 14.1. The maximum Gasteiger partial charge on any atom is 0.324 e. The Kier molecular flexibility index (Phi) is 8.33. The standard InChI is InChI=1S/C38H33Cl2F3N2O3/c1-44-30-17-26(39)12-13-29(30)38(22-46)31(25-14-27(40)16-28(43)15-25)33-35(47)48-34(24-10-6-3-7-11-24)32(23-8-4-2-5-9-23)45(33)37(38)18-36(19-37,20-41)21-42/h2-17,22,31-34,44H,18-21H2,1H3/t31-,32+,33+,34-,38-/m0/s1. The van der Waals surface area contributed by atoms with Crippen molar-refractivity contribution in [3.8, 4) is 0 Å². The third-order valence-electron chi connectivity index (χ3n) is 10.7. The largest absolute Gasteiger partial charge is 0.454 e. The molecule has 0 unspecified atom stereocenters. The van der Waals surface area contributed by atoms with Crippen LogP contribution < -0.4 is 5.32 Å². The van der Waals surface area contributed by atoms with Gasteiger partial charge in [-0.15, -0.1) is 0 Å². The van der Waals surface area contributed by atoms with E-state index < -0.39 is 65.6 Å². The molecule has 5 nitrogen and oxygen atoms in total. The van der Waals surface area contributed by atoms with Crippen LogP contribution in [0.5, 0.6) is 0 Å². The Morgan fingerprint density at radius 1 is 0.854 bits per heavy atom. The van der Waals surface area contributed by atoms with Gasteiger partial charge < -0.3 is 14.8 Å². The van der Waals surface area contributed by atoms with Crippen molar-refractivity contribution in [1.82, 2.24) is 4.90 Å². The highest BCUT2D eigenvalue weighted by molar-refractivity contribution is 6.31. The third-order valence-corrected chi connectivity index (χ3v) is 11.2. The molecule has 5 atom stereocenters. The second kappa shape index (κ2) is 12.2.